The number of amides is 1. The molecule has 0 spiro atoms. The molecule has 0 aromatic heterocycles. The second kappa shape index (κ2) is 7.03. The summed E-state index contributed by atoms with van der Waals surface area (Å²) in [7, 11) is 3.26. The maximum atomic E-state index is 12.8. The van der Waals surface area contributed by atoms with Gasteiger partial charge in [-0.15, -0.1) is 0 Å². The Labute approximate surface area is 133 Å². The number of nitrogens with zero attached hydrogens (tertiary/aromatic N) is 1. The lowest BCUT2D eigenvalue weighted by Crippen LogP contribution is -2.43. The zero-order chi connectivity index (χ0) is 16.3. The molecule has 0 saturated heterocycles. The maximum Gasteiger partial charge on any atom is 0.227 e. The van der Waals surface area contributed by atoms with Gasteiger partial charge in [0.25, 0.3) is 0 Å². The highest BCUT2D eigenvalue weighted by molar-refractivity contribution is 5.80. The topological polar surface area (TPSA) is 38.8 Å². The Morgan fingerprint density at radius 1 is 1.23 bits per heavy atom. The minimum absolute atomic E-state index is 0.176. The first-order chi connectivity index (χ1) is 10.5. The SMILES string of the molecule is COc1ccc(OC)c(CC(=O)N(C2CC2)C(C)C(C)C)c1. The van der Waals surface area contributed by atoms with Crippen molar-refractivity contribution in [1.82, 2.24) is 4.90 Å². The minimum atomic E-state index is 0.176. The van der Waals surface area contributed by atoms with Crippen LogP contribution in [0.2, 0.25) is 0 Å². The van der Waals surface area contributed by atoms with Gasteiger partial charge in [0, 0.05) is 17.6 Å². The van der Waals surface area contributed by atoms with Crippen molar-refractivity contribution in [3.8, 4) is 11.5 Å². The van der Waals surface area contributed by atoms with Crippen LogP contribution in [0.25, 0.3) is 0 Å². The zero-order valence-corrected chi connectivity index (χ0v) is 14.3. The summed E-state index contributed by atoms with van der Waals surface area (Å²) in [5.41, 5.74) is 0.883. The van der Waals surface area contributed by atoms with Crippen molar-refractivity contribution in [2.45, 2.75) is 52.1 Å². The lowest BCUT2D eigenvalue weighted by atomic mass is 10.0. The first kappa shape index (κ1) is 16.7. The molecular weight excluding hydrogens is 278 g/mol. The summed E-state index contributed by atoms with van der Waals surface area (Å²) in [5, 5.41) is 0. The van der Waals surface area contributed by atoms with E-state index in [4.69, 9.17) is 9.47 Å². The first-order valence-electron chi connectivity index (χ1n) is 8.00. The van der Waals surface area contributed by atoms with Gasteiger partial charge in [-0.2, -0.15) is 0 Å². The van der Waals surface area contributed by atoms with E-state index < -0.39 is 0 Å². The third kappa shape index (κ3) is 3.73. The highest BCUT2D eigenvalue weighted by Crippen LogP contribution is 2.32. The fourth-order valence-corrected chi connectivity index (χ4v) is 2.71. The molecule has 0 radical (unpaired) electrons. The normalized spacial score (nSPS) is 15.5. The molecule has 0 N–H and O–H groups in total. The Morgan fingerprint density at radius 3 is 2.41 bits per heavy atom. The van der Waals surface area contributed by atoms with Crippen LogP contribution in [0.4, 0.5) is 0 Å². The van der Waals surface area contributed by atoms with Crippen LogP contribution in [0.15, 0.2) is 18.2 Å². The number of ether oxygens (including phenoxy) is 2. The van der Waals surface area contributed by atoms with Gasteiger partial charge in [0.15, 0.2) is 0 Å². The van der Waals surface area contributed by atoms with Crippen molar-refractivity contribution in [3.63, 3.8) is 0 Å². The molecule has 122 valence electrons. The molecule has 4 nitrogen and oxygen atoms in total. The molecule has 1 fully saturated rings. The molecular formula is C18H27NO3. The molecule has 4 heteroatoms. The van der Waals surface area contributed by atoms with Crippen LogP contribution < -0.4 is 9.47 Å². The van der Waals surface area contributed by atoms with Crippen LogP contribution >= 0.6 is 0 Å². The van der Waals surface area contributed by atoms with Crippen molar-refractivity contribution in [3.05, 3.63) is 23.8 Å². The number of hydrogen-bond donors (Lipinski definition) is 0. The van der Waals surface area contributed by atoms with Gasteiger partial charge >= 0.3 is 0 Å². The average Bonchev–Trinajstić information content (AvgIpc) is 3.31. The largest absolute Gasteiger partial charge is 0.497 e. The molecule has 2 rings (SSSR count). The van der Waals surface area contributed by atoms with E-state index in [0.29, 0.717) is 18.4 Å². The van der Waals surface area contributed by atoms with E-state index in [1.807, 2.05) is 18.2 Å². The van der Waals surface area contributed by atoms with Gasteiger partial charge in [0.1, 0.15) is 11.5 Å². The molecule has 1 atom stereocenters. The van der Waals surface area contributed by atoms with Crippen molar-refractivity contribution in [1.29, 1.82) is 0 Å². The second-order valence-corrected chi connectivity index (χ2v) is 6.37. The van der Waals surface area contributed by atoms with Crippen molar-refractivity contribution in [2.75, 3.05) is 14.2 Å². The summed E-state index contributed by atoms with van der Waals surface area (Å²) in [6.45, 7) is 6.47. The van der Waals surface area contributed by atoms with Crippen LogP contribution in [0.5, 0.6) is 11.5 Å². The van der Waals surface area contributed by atoms with Gasteiger partial charge < -0.3 is 14.4 Å². The van der Waals surface area contributed by atoms with Crippen LogP contribution in [0.3, 0.4) is 0 Å². The fourth-order valence-electron chi connectivity index (χ4n) is 2.71. The van der Waals surface area contributed by atoms with Crippen LogP contribution in [-0.4, -0.2) is 37.1 Å². The molecule has 22 heavy (non-hydrogen) atoms. The Balaban J connectivity index is 2.19. The molecule has 0 heterocycles. The molecule has 1 aromatic carbocycles. The highest BCUT2D eigenvalue weighted by Gasteiger charge is 2.36. The summed E-state index contributed by atoms with van der Waals surface area (Å²) in [6.07, 6.45) is 2.60. The van der Waals surface area contributed by atoms with E-state index in [1.165, 1.54) is 0 Å². The quantitative estimate of drug-likeness (QED) is 0.776. The number of benzene rings is 1. The summed E-state index contributed by atoms with van der Waals surface area (Å²) in [4.78, 5) is 14.9. The highest BCUT2D eigenvalue weighted by atomic mass is 16.5. The number of carbonyl (C=O) groups is 1. The van der Waals surface area contributed by atoms with Gasteiger partial charge in [0.05, 0.1) is 20.6 Å². The van der Waals surface area contributed by atoms with E-state index in [2.05, 4.69) is 25.7 Å². The summed E-state index contributed by atoms with van der Waals surface area (Å²) in [5.74, 6) is 2.12. The maximum absolute atomic E-state index is 12.8. The first-order valence-corrected chi connectivity index (χ1v) is 8.00. The number of rotatable bonds is 7. The van der Waals surface area contributed by atoms with Crippen LogP contribution in [-0.2, 0) is 11.2 Å². The van der Waals surface area contributed by atoms with Gasteiger partial charge in [-0.3, -0.25) is 4.79 Å². The van der Waals surface area contributed by atoms with Gasteiger partial charge in [-0.05, 0) is 43.9 Å². The summed E-state index contributed by atoms with van der Waals surface area (Å²) < 4.78 is 10.6. The minimum Gasteiger partial charge on any atom is -0.497 e. The smallest absolute Gasteiger partial charge is 0.227 e. The molecule has 1 aliphatic rings. The number of hydrogen-bond acceptors (Lipinski definition) is 3. The summed E-state index contributed by atoms with van der Waals surface area (Å²) >= 11 is 0. The van der Waals surface area contributed by atoms with Gasteiger partial charge in [-0.25, -0.2) is 0 Å². The van der Waals surface area contributed by atoms with Crippen molar-refractivity contribution >= 4 is 5.91 Å². The van der Waals surface area contributed by atoms with Gasteiger partial charge in [0.2, 0.25) is 5.91 Å². The Kier molecular flexibility index (Phi) is 5.33. The zero-order valence-electron chi connectivity index (χ0n) is 14.3. The number of methoxy groups -OCH3 is 2. The third-order valence-electron chi connectivity index (χ3n) is 4.46. The van der Waals surface area contributed by atoms with Crippen LogP contribution in [0.1, 0.15) is 39.2 Å². The lowest BCUT2D eigenvalue weighted by Gasteiger charge is -2.32. The van der Waals surface area contributed by atoms with E-state index in [-0.39, 0.29) is 11.9 Å². The van der Waals surface area contributed by atoms with Crippen LogP contribution in [0, 0.1) is 5.92 Å². The monoisotopic (exact) mass is 305 g/mol. The Morgan fingerprint density at radius 2 is 1.91 bits per heavy atom. The Hall–Kier alpha value is -1.71. The molecule has 1 saturated carbocycles. The van der Waals surface area contributed by atoms with Crippen molar-refractivity contribution in [2.24, 2.45) is 5.92 Å². The molecule has 0 aliphatic heterocycles. The van der Waals surface area contributed by atoms with E-state index in [0.717, 1.165) is 29.9 Å². The molecule has 1 unspecified atom stereocenters. The standard InChI is InChI=1S/C18H27NO3/c1-12(2)13(3)19(15-6-7-15)18(20)11-14-10-16(21-4)8-9-17(14)22-5/h8-10,12-13,15H,6-7,11H2,1-5H3. The number of carbonyl (C=O) groups excluding carboxylic acids is 1. The molecule has 1 aliphatic carbocycles. The molecule has 0 bridgehead atoms. The third-order valence-corrected chi connectivity index (χ3v) is 4.46. The average molecular weight is 305 g/mol. The molecule has 1 amide bonds. The Bertz CT molecular complexity index is 523. The van der Waals surface area contributed by atoms with E-state index >= 15 is 0 Å². The predicted molar refractivity (Wildman–Crippen MR) is 87.4 cm³/mol. The van der Waals surface area contributed by atoms with Gasteiger partial charge in [-0.1, -0.05) is 13.8 Å². The second-order valence-electron chi connectivity index (χ2n) is 6.37. The molecule has 1 aromatic rings. The van der Waals surface area contributed by atoms with E-state index in [1.54, 1.807) is 14.2 Å². The fraction of sp³-hybridized carbons (Fsp3) is 0.611. The lowest BCUT2D eigenvalue weighted by molar-refractivity contribution is -0.134. The van der Waals surface area contributed by atoms with Crippen molar-refractivity contribution < 1.29 is 14.3 Å². The summed E-state index contributed by atoms with van der Waals surface area (Å²) in [6, 6.07) is 6.27. The van der Waals surface area contributed by atoms with E-state index in [9.17, 15) is 4.79 Å². The predicted octanol–water partition coefficient (Wildman–Crippen LogP) is 3.28.